The Labute approximate surface area is 161 Å². The van der Waals surface area contributed by atoms with Crippen molar-refractivity contribution in [2.45, 2.75) is 13.3 Å². The smallest absolute Gasteiger partial charge is 0.283 e. The third-order valence-corrected chi connectivity index (χ3v) is 4.70. The Kier molecular flexibility index (Phi) is 5.20. The number of carbonyl (C=O) groups is 2. The molecule has 1 N–H and O–H groups in total. The van der Waals surface area contributed by atoms with E-state index in [4.69, 9.17) is 27.9 Å². The van der Waals surface area contributed by atoms with E-state index in [-0.39, 0.29) is 10.7 Å². The summed E-state index contributed by atoms with van der Waals surface area (Å²) in [6, 6.07) is 12.1. The number of benzene rings is 2. The Morgan fingerprint density at radius 1 is 1.04 bits per heavy atom. The third-order valence-electron chi connectivity index (χ3n) is 4.05. The van der Waals surface area contributed by atoms with Crippen LogP contribution in [0.5, 0.6) is 5.75 Å². The minimum absolute atomic E-state index is 0.0115. The van der Waals surface area contributed by atoms with Crippen LogP contribution in [-0.2, 0) is 16.0 Å². The molecule has 2 aromatic rings. The van der Waals surface area contributed by atoms with Crippen LogP contribution in [0.25, 0.3) is 0 Å². The first kappa shape index (κ1) is 18.3. The van der Waals surface area contributed by atoms with Crippen LogP contribution >= 0.6 is 23.2 Å². The van der Waals surface area contributed by atoms with Gasteiger partial charge in [-0.15, -0.1) is 0 Å². The summed E-state index contributed by atoms with van der Waals surface area (Å²) >= 11 is 12.2. The maximum Gasteiger partial charge on any atom is 0.283 e. The van der Waals surface area contributed by atoms with Gasteiger partial charge >= 0.3 is 0 Å². The van der Waals surface area contributed by atoms with Gasteiger partial charge in [-0.25, -0.2) is 4.90 Å². The van der Waals surface area contributed by atoms with Crippen molar-refractivity contribution in [1.29, 1.82) is 0 Å². The average Bonchev–Trinajstić information content (AvgIpc) is 2.85. The van der Waals surface area contributed by atoms with Crippen molar-refractivity contribution in [3.8, 4) is 5.75 Å². The fourth-order valence-electron chi connectivity index (χ4n) is 2.62. The third kappa shape index (κ3) is 3.28. The quantitative estimate of drug-likeness (QED) is 0.771. The summed E-state index contributed by atoms with van der Waals surface area (Å²) < 4.78 is 5.10. The van der Waals surface area contributed by atoms with Crippen molar-refractivity contribution in [3.63, 3.8) is 0 Å². The first-order chi connectivity index (χ1) is 12.5. The molecule has 2 aromatic carbocycles. The van der Waals surface area contributed by atoms with E-state index < -0.39 is 11.8 Å². The zero-order valence-electron chi connectivity index (χ0n) is 14.2. The highest BCUT2D eigenvalue weighted by atomic mass is 35.5. The van der Waals surface area contributed by atoms with E-state index in [9.17, 15) is 9.59 Å². The highest BCUT2D eigenvalue weighted by Gasteiger charge is 2.38. The highest BCUT2D eigenvalue weighted by molar-refractivity contribution is 6.53. The van der Waals surface area contributed by atoms with Gasteiger partial charge in [0.05, 0.1) is 17.8 Å². The first-order valence-electron chi connectivity index (χ1n) is 7.94. The van der Waals surface area contributed by atoms with E-state index in [0.29, 0.717) is 22.1 Å². The number of amides is 2. The Balaban J connectivity index is 1.87. The molecule has 0 atom stereocenters. The number of anilines is 2. The Morgan fingerprint density at radius 2 is 1.73 bits per heavy atom. The molecule has 0 unspecified atom stereocenters. The number of aryl methyl sites for hydroxylation is 1. The number of methoxy groups -OCH3 is 1. The highest BCUT2D eigenvalue weighted by Crippen LogP contribution is 2.32. The van der Waals surface area contributed by atoms with Crippen LogP contribution in [0, 0.1) is 0 Å². The van der Waals surface area contributed by atoms with Crippen LogP contribution < -0.4 is 15.0 Å². The van der Waals surface area contributed by atoms with Crippen LogP contribution in [0.4, 0.5) is 11.4 Å². The molecule has 0 fully saturated rings. The maximum atomic E-state index is 12.7. The van der Waals surface area contributed by atoms with Crippen molar-refractivity contribution in [3.05, 3.63) is 63.8 Å². The van der Waals surface area contributed by atoms with E-state index in [1.807, 2.05) is 19.1 Å². The molecule has 0 aromatic heterocycles. The maximum absolute atomic E-state index is 12.7. The molecule has 1 heterocycles. The van der Waals surface area contributed by atoms with Crippen molar-refractivity contribution in [2.24, 2.45) is 0 Å². The minimum Gasteiger partial charge on any atom is -0.495 e. The van der Waals surface area contributed by atoms with Crippen LogP contribution in [0.1, 0.15) is 12.5 Å². The van der Waals surface area contributed by atoms with Gasteiger partial charge in [-0.3, -0.25) is 9.59 Å². The van der Waals surface area contributed by atoms with Gasteiger partial charge in [0.1, 0.15) is 16.5 Å². The Hall–Kier alpha value is -2.50. The van der Waals surface area contributed by atoms with Gasteiger partial charge in [0.25, 0.3) is 11.8 Å². The van der Waals surface area contributed by atoms with Crippen LogP contribution in [0.15, 0.2) is 53.2 Å². The topological polar surface area (TPSA) is 58.6 Å². The lowest BCUT2D eigenvalue weighted by Crippen LogP contribution is -2.32. The van der Waals surface area contributed by atoms with Crippen LogP contribution in [-0.4, -0.2) is 18.9 Å². The molecular formula is C19H16Cl2N2O3. The molecule has 0 saturated heterocycles. The van der Waals surface area contributed by atoms with Gasteiger partial charge < -0.3 is 10.1 Å². The standard InChI is InChI=1S/C19H16Cl2N2O3/c1-3-11-4-7-13(8-5-11)23-18(24)16(21)17(19(23)25)22-12-6-9-15(26-2)14(20)10-12/h4-10,22H,3H2,1-2H3. The molecule has 1 aliphatic heterocycles. The molecule has 2 amide bonds. The SMILES string of the molecule is CCc1ccc(N2C(=O)C(Cl)=C(Nc3ccc(OC)c(Cl)c3)C2=O)cc1. The second kappa shape index (κ2) is 7.40. The fourth-order valence-corrected chi connectivity index (χ4v) is 3.09. The van der Waals surface area contributed by atoms with Crippen LogP contribution in [0.2, 0.25) is 5.02 Å². The fraction of sp³-hybridized carbons (Fsp3) is 0.158. The molecule has 134 valence electrons. The number of carbonyl (C=O) groups excluding carboxylic acids is 2. The summed E-state index contributed by atoms with van der Waals surface area (Å²) in [6.45, 7) is 2.03. The van der Waals surface area contributed by atoms with Gasteiger partial charge in [-0.1, -0.05) is 42.3 Å². The molecule has 0 aliphatic carbocycles. The molecule has 3 rings (SSSR count). The second-order valence-corrected chi connectivity index (χ2v) is 6.41. The van der Waals surface area contributed by atoms with Crippen molar-refractivity contribution in [1.82, 2.24) is 0 Å². The summed E-state index contributed by atoms with van der Waals surface area (Å²) in [5.41, 5.74) is 2.11. The Morgan fingerprint density at radius 3 is 2.31 bits per heavy atom. The van der Waals surface area contributed by atoms with Crippen LogP contribution in [0.3, 0.4) is 0 Å². The number of ether oxygens (including phenoxy) is 1. The van der Waals surface area contributed by atoms with Crippen molar-refractivity contribution >= 4 is 46.4 Å². The van der Waals surface area contributed by atoms with Crippen molar-refractivity contribution in [2.75, 3.05) is 17.3 Å². The first-order valence-corrected chi connectivity index (χ1v) is 8.70. The number of hydrogen-bond donors (Lipinski definition) is 1. The molecule has 5 nitrogen and oxygen atoms in total. The van der Waals surface area contributed by atoms with E-state index in [2.05, 4.69) is 5.32 Å². The molecule has 7 heteroatoms. The molecule has 1 aliphatic rings. The molecule has 26 heavy (non-hydrogen) atoms. The second-order valence-electron chi connectivity index (χ2n) is 5.63. The van der Waals surface area contributed by atoms with E-state index in [1.54, 1.807) is 30.3 Å². The predicted octanol–water partition coefficient (Wildman–Crippen LogP) is 4.35. The van der Waals surface area contributed by atoms with E-state index in [1.165, 1.54) is 7.11 Å². The number of nitrogens with zero attached hydrogens (tertiary/aromatic N) is 1. The zero-order chi connectivity index (χ0) is 18.8. The minimum atomic E-state index is -0.567. The lowest BCUT2D eigenvalue weighted by molar-refractivity contribution is -0.120. The van der Waals surface area contributed by atoms with E-state index in [0.717, 1.165) is 16.9 Å². The number of hydrogen-bond acceptors (Lipinski definition) is 4. The Bertz CT molecular complexity index is 908. The van der Waals surface area contributed by atoms with Crippen molar-refractivity contribution < 1.29 is 14.3 Å². The predicted molar refractivity (Wildman–Crippen MR) is 103 cm³/mol. The zero-order valence-corrected chi connectivity index (χ0v) is 15.7. The number of imide groups is 1. The lowest BCUT2D eigenvalue weighted by Gasteiger charge is -2.15. The van der Waals surface area contributed by atoms with Gasteiger partial charge in [0.2, 0.25) is 0 Å². The normalized spacial score (nSPS) is 14.2. The molecule has 0 saturated carbocycles. The number of halogens is 2. The summed E-state index contributed by atoms with van der Waals surface area (Å²) in [6.07, 6.45) is 0.867. The van der Waals surface area contributed by atoms with E-state index >= 15 is 0 Å². The van der Waals surface area contributed by atoms with Gasteiger partial charge in [0.15, 0.2) is 0 Å². The number of rotatable bonds is 5. The molecular weight excluding hydrogens is 375 g/mol. The summed E-state index contributed by atoms with van der Waals surface area (Å²) in [5, 5.41) is 3.09. The summed E-state index contributed by atoms with van der Waals surface area (Å²) in [4.78, 5) is 26.3. The monoisotopic (exact) mass is 390 g/mol. The molecule has 0 bridgehead atoms. The van der Waals surface area contributed by atoms with Gasteiger partial charge in [-0.05, 0) is 42.3 Å². The van der Waals surface area contributed by atoms with Gasteiger partial charge in [-0.2, -0.15) is 0 Å². The summed E-state index contributed by atoms with van der Waals surface area (Å²) in [7, 11) is 1.51. The largest absolute Gasteiger partial charge is 0.495 e. The lowest BCUT2D eigenvalue weighted by atomic mass is 10.1. The number of nitrogens with one attached hydrogen (secondary N) is 1. The average molecular weight is 391 g/mol. The molecule has 0 spiro atoms. The summed E-state index contributed by atoms with van der Waals surface area (Å²) in [5.74, 6) is -0.581. The molecule has 0 radical (unpaired) electrons. The van der Waals surface area contributed by atoms with Gasteiger partial charge in [0, 0.05) is 5.69 Å².